The summed E-state index contributed by atoms with van der Waals surface area (Å²) in [6, 6.07) is 18.9. The minimum absolute atomic E-state index is 0.118. The lowest BCUT2D eigenvalue weighted by Gasteiger charge is -2.37. The number of amides is 2. The van der Waals surface area contributed by atoms with Crippen molar-refractivity contribution in [3.8, 4) is 0 Å². The summed E-state index contributed by atoms with van der Waals surface area (Å²) in [6.45, 7) is 2.51. The van der Waals surface area contributed by atoms with Crippen LogP contribution in [0.4, 0.5) is 5.69 Å². The van der Waals surface area contributed by atoms with Gasteiger partial charge in [0.15, 0.2) is 0 Å². The zero-order valence-electron chi connectivity index (χ0n) is 18.1. The Labute approximate surface area is 192 Å². The van der Waals surface area contributed by atoms with Gasteiger partial charge in [0, 0.05) is 55.4 Å². The molecule has 33 heavy (non-hydrogen) atoms. The summed E-state index contributed by atoms with van der Waals surface area (Å²) in [5.41, 5.74) is 8.16. The van der Waals surface area contributed by atoms with E-state index in [0.717, 1.165) is 11.3 Å². The SMILES string of the molecule is N=C(N)c1cccc(C(=O)N[C@@H](C(=O)N2CCN(c3ccncc3)CC2)c2ccccc2)c1. The zero-order valence-corrected chi connectivity index (χ0v) is 18.1. The molecule has 4 N–H and O–H groups in total. The summed E-state index contributed by atoms with van der Waals surface area (Å²) in [5.74, 6) is -0.658. The van der Waals surface area contributed by atoms with Crippen molar-refractivity contribution < 1.29 is 9.59 Å². The number of hydrogen-bond donors (Lipinski definition) is 3. The van der Waals surface area contributed by atoms with Gasteiger partial charge in [-0.25, -0.2) is 0 Å². The number of nitrogens with two attached hydrogens (primary N) is 1. The van der Waals surface area contributed by atoms with Crippen LogP contribution in [0.5, 0.6) is 0 Å². The third kappa shape index (κ3) is 5.17. The predicted octanol–water partition coefficient (Wildman–Crippen LogP) is 2.19. The summed E-state index contributed by atoms with van der Waals surface area (Å²) in [5, 5.41) is 10.5. The lowest BCUT2D eigenvalue weighted by Crippen LogP contribution is -2.52. The quantitative estimate of drug-likeness (QED) is 0.400. The molecule has 0 aliphatic carbocycles. The Hall–Kier alpha value is -4.20. The Bertz CT molecular complexity index is 1130. The van der Waals surface area contributed by atoms with Gasteiger partial charge in [-0.2, -0.15) is 0 Å². The smallest absolute Gasteiger partial charge is 0.252 e. The van der Waals surface area contributed by atoms with Gasteiger partial charge in [-0.3, -0.25) is 20.0 Å². The average molecular weight is 443 g/mol. The molecule has 0 saturated carbocycles. The monoisotopic (exact) mass is 442 g/mol. The van der Waals surface area contributed by atoms with Crippen LogP contribution in [-0.2, 0) is 4.79 Å². The number of nitrogens with one attached hydrogen (secondary N) is 2. The van der Waals surface area contributed by atoms with Gasteiger partial charge in [0.25, 0.3) is 5.91 Å². The average Bonchev–Trinajstić information content (AvgIpc) is 2.88. The number of nitrogens with zero attached hydrogens (tertiary/aromatic N) is 3. The zero-order chi connectivity index (χ0) is 23.2. The fourth-order valence-electron chi connectivity index (χ4n) is 3.90. The highest BCUT2D eigenvalue weighted by Crippen LogP contribution is 2.20. The molecular weight excluding hydrogens is 416 g/mol. The van der Waals surface area contributed by atoms with Gasteiger partial charge >= 0.3 is 0 Å². The number of rotatable bonds is 6. The second-order valence-corrected chi connectivity index (χ2v) is 7.83. The maximum Gasteiger partial charge on any atom is 0.252 e. The first kappa shape index (κ1) is 22.0. The number of pyridine rings is 1. The van der Waals surface area contributed by atoms with Gasteiger partial charge in [-0.15, -0.1) is 0 Å². The minimum atomic E-state index is -0.813. The number of aromatic nitrogens is 1. The van der Waals surface area contributed by atoms with E-state index < -0.39 is 11.9 Å². The molecule has 1 atom stereocenters. The van der Waals surface area contributed by atoms with E-state index in [-0.39, 0.29) is 11.7 Å². The fourth-order valence-corrected chi connectivity index (χ4v) is 3.90. The number of carbonyl (C=O) groups excluding carboxylic acids is 2. The van der Waals surface area contributed by atoms with Gasteiger partial charge in [-0.1, -0.05) is 42.5 Å². The highest BCUT2D eigenvalue weighted by Gasteiger charge is 2.30. The van der Waals surface area contributed by atoms with Crippen molar-refractivity contribution in [2.75, 3.05) is 31.1 Å². The van der Waals surface area contributed by atoms with E-state index in [1.807, 2.05) is 42.5 Å². The van der Waals surface area contributed by atoms with Crippen molar-refractivity contribution in [3.05, 3.63) is 95.8 Å². The molecule has 1 fully saturated rings. The number of amidine groups is 1. The molecule has 0 radical (unpaired) electrons. The van der Waals surface area contributed by atoms with Crippen LogP contribution in [0.25, 0.3) is 0 Å². The number of nitrogen functional groups attached to an aromatic ring is 1. The topological polar surface area (TPSA) is 115 Å². The predicted molar refractivity (Wildman–Crippen MR) is 127 cm³/mol. The lowest BCUT2D eigenvalue weighted by atomic mass is 10.0. The third-order valence-electron chi connectivity index (χ3n) is 5.71. The molecule has 1 aromatic heterocycles. The van der Waals surface area contributed by atoms with Gasteiger partial charge in [0.2, 0.25) is 5.91 Å². The molecule has 0 unspecified atom stereocenters. The number of anilines is 1. The molecule has 168 valence electrons. The highest BCUT2D eigenvalue weighted by molar-refractivity contribution is 6.01. The molecule has 3 aromatic rings. The number of hydrogen-bond acceptors (Lipinski definition) is 5. The van der Waals surface area contributed by atoms with Crippen LogP contribution in [0.3, 0.4) is 0 Å². The Morgan fingerprint density at radius 3 is 2.24 bits per heavy atom. The molecule has 2 heterocycles. The summed E-state index contributed by atoms with van der Waals surface area (Å²) < 4.78 is 0. The van der Waals surface area contributed by atoms with Gasteiger partial charge in [0.05, 0.1) is 0 Å². The standard InChI is InChI=1S/C25H26N6O2/c26-23(27)19-7-4-8-20(17-19)24(32)29-22(18-5-2-1-3-6-18)25(33)31-15-13-30(14-16-31)21-9-11-28-12-10-21/h1-12,17,22H,13-16H2,(H3,26,27)(H,29,32)/t22-/m1/s1. The highest BCUT2D eigenvalue weighted by atomic mass is 16.2. The summed E-state index contributed by atoms with van der Waals surface area (Å²) in [6.07, 6.45) is 3.52. The van der Waals surface area contributed by atoms with Crippen LogP contribution in [0.2, 0.25) is 0 Å². The van der Waals surface area contributed by atoms with Crippen LogP contribution in [-0.4, -0.2) is 53.7 Å². The Morgan fingerprint density at radius 2 is 1.58 bits per heavy atom. The number of carbonyl (C=O) groups is 2. The first-order valence-corrected chi connectivity index (χ1v) is 10.8. The van der Waals surface area contributed by atoms with Gasteiger partial charge in [-0.05, 0) is 29.8 Å². The van der Waals surface area contributed by atoms with E-state index >= 15 is 0 Å². The van der Waals surface area contributed by atoms with Crippen molar-refractivity contribution in [1.29, 1.82) is 5.41 Å². The van der Waals surface area contributed by atoms with Crippen LogP contribution >= 0.6 is 0 Å². The first-order valence-electron chi connectivity index (χ1n) is 10.8. The molecule has 0 bridgehead atoms. The molecule has 1 saturated heterocycles. The largest absolute Gasteiger partial charge is 0.384 e. The molecule has 2 amide bonds. The second kappa shape index (κ2) is 9.95. The lowest BCUT2D eigenvalue weighted by molar-refractivity contribution is -0.133. The summed E-state index contributed by atoms with van der Waals surface area (Å²) in [4.78, 5) is 34.6. The van der Waals surface area contributed by atoms with E-state index in [4.69, 9.17) is 11.1 Å². The molecule has 4 rings (SSSR count). The molecule has 8 nitrogen and oxygen atoms in total. The fraction of sp³-hybridized carbons (Fsp3) is 0.200. The summed E-state index contributed by atoms with van der Waals surface area (Å²) >= 11 is 0. The van der Waals surface area contributed by atoms with E-state index in [1.54, 1.807) is 41.6 Å². The Kier molecular flexibility index (Phi) is 6.64. The molecular formula is C25H26N6O2. The second-order valence-electron chi connectivity index (χ2n) is 7.83. The van der Waals surface area contributed by atoms with Crippen LogP contribution in [0.1, 0.15) is 27.5 Å². The van der Waals surface area contributed by atoms with Crippen LogP contribution in [0, 0.1) is 5.41 Å². The van der Waals surface area contributed by atoms with E-state index in [1.165, 1.54) is 0 Å². The maximum absolute atomic E-state index is 13.5. The molecule has 1 aliphatic heterocycles. The van der Waals surface area contributed by atoms with Gasteiger partial charge in [0.1, 0.15) is 11.9 Å². The summed E-state index contributed by atoms with van der Waals surface area (Å²) in [7, 11) is 0. The third-order valence-corrected chi connectivity index (χ3v) is 5.71. The van der Waals surface area contributed by atoms with Crippen molar-refractivity contribution in [2.45, 2.75) is 6.04 Å². The maximum atomic E-state index is 13.5. The number of piperazine rings is 1. The van der Waals surface area contributed by atoms with E-state index in [2.05, 4.69) is 15.2 Å². The Morgan fingerprint density at radius 1 is 0.909 bits per heavy atom. The number of benzene rings is 2. The van der Waals surface area contributed by atoms with Crippen LogP contribution in [0.15, 0.2) is 79.1 Å². The van der Waals surface area contributed by atoms with Gasteiger partial charge < -0.3 is 20.9 Å². The molecule has 0 spiro atoms. The van der Waals surface area contributed by atoms with Crippen molar-refractivity contribution in [2.24, 2.45) is 5.73 Å². The normalized spacial score (nSPS) is 14.4. The molecule has 2 aromatic carbocycles. The van der Waals surface area contributed by atoms with Crippen LogP contribution < -0.4 is 16.0 Å². The van der Waals surface area contributed by atoms with Crippen molar-refractivity contribution in [3.63, 3.8) is 0 Å². The minimum Gasteiger partial charge on any atom is -0.384 e. The Balaban J connectivity index is 1.50. The van der Waals surface area contributed by atoms with Crippen molar-refractivity contribution >= 4 is 23.3 Å². The van der Waals surface area contributed by atoms with E-state index in [0.29, 0.717) is 37.3 Å². The first-order chi connectivity index (χ1) is 16.0. The van der Waals surface area contributed by atoms with E-state index in [9.17, 15) is 9.59 Å². The molecule has 8 heteroatoms. The molecule has 1 aliphatic rings. The van der Waals surface area contributed by atoms with Crippen molar-refractivity contribution in [1.82, 2.24) is 15.2 Å².